The van der Waals surface area contributed by atoms with Crippen LogP contribution < -0.4 is 26.7 Å². The van der Waals surface area contributed by atoms with Crippen LogP contribution in [0.5, 0.6) is 11.5 Å². The summed E-state index contributed by atoms with van der Waals surface area (Å²) in [7, 11) is 3.13. The molecule has 0 amide bonds. The van der Waals surface area contributed by atoms with E-state index in [4.69, 9.17) is 21.1 Å². The van der Waals surface area contributed by atoms with E-state index in [-0.39, 0.29) is 23.5 Å². The molecule has 1 heterocycles. The van der Waals surface area contributed by atoms with Gasteiger partial charge in [-0.15, -0.1) is 0 Å². The van der Waals surface area contributed by atoms with Crippen molar-refractivity contribution in [1.29, 1.82) is 0 Å². The highest BCUT2D eigenvalue weighted by atomic mass is 19.1. The highest BCUT2D eigenvalue weighted by Crippen LogP contribution is 2.25. The van der Waals surface area contributed by atoms with Crippen LogP contribution in [0.15, 0.2) is 41.4 Å². The number of rotatable bonds is 4. The van der Waals surface area contributed by atoms with Crippen LogP contribution in [0.25, 0.3) is 10.9 Å². The van der Waals surface area contributed by atoms with E-state index in [2.05, 4.69) is 9.98 Å². The number of nitrogens with zero attached hydrogens (tertiary/aromatic N) is 3. The second kappa shape index (κ2) is 6.68. The van der Waals surface area contributed by atoms with Gasteiger partial charge in [0.25, 0.3) is 0 Å². The zero-order valence-corrected chi connectivity index (χ0v) is 13.9. The molecule has 0 fully saturated rings. The van der Waals surface area contributed by atoms with Crippen molar-refractivity contribution >= 4 is 16.7 Å². The lowest BCUT2D eigenvalue weighted by molar-refractivity contribution is 0.391. The number of halogens is 1. The van der Waals surface area contributed by atoms with E-state index < -0.39 is 5.82 Å². The van der Waals surface area contributed by atoms with Gasteiger partial charge in [-0.2, -0.15) is 0 Å². The van der Waals surface area contributed by atoms with Crippen LogP contribution in [0.3, 0.4) is 0 Å². The Balaban J connectivity index is 2.08. The molecule has 0 saturated carbocycles. The van der Waals surface area contributed by atoms with Crippen molar-refractivity contribution in [2.45, 2.75) is 6.54 Å². The third-order valence-corrected chi connectivity index (χ3v) is 3.83. The quantitative estimate of drug-likeness (QED) is 0.701. The fourth-order valence-electron chi connectivity index (χ4n) is 2.48. The van der Waals surface area contributed by atoms with Gasteiger partial charge in [-0.1, -0.05) is 6.07 Å². The number of para-hydroxylation sites is 1. The van der Waals surface area contributed by atoms with E-state index in [1.165, 1.54) is 6.07 Å². The average molecular weight is 343 g/mol. The summed E-state index contributed by atoms with van der Waals surface area (Å²) in [5, 5.41) is 0.434. The molecular weight excluding hydrogens is 325 g/mol. The van der Waals surface area contributed by atoms with Crippen molar-refractivity contribution in [1.82, 2.24) is 9.66 Å². The van der Waals surface area contributed by atoms with Gasteiger partial charge in [-0.25, -0.2) is 19.0 Å². The third kappa shape index (κ3) is 3.06. The fourth-order valence-corrected chi connectivity index (χ4v) is 2.48. The van der Waals surface area contributed by atoms with Gasteiger partial charge in [0.1, 0.15) is 28.7 Å². The number of anilines is 1. The number of hydrogen-bond acceptors (Lipinski definition) is 6. The number of ether oxygens (including phenoxy) is 2. The zero-order chi connectivity index (χ0) is 18.0. The molecular formula is C17H18FN5O2. The molecule has 0 aliphatic rings. The maximum Gasteiger partial charge on any atom is 0.246 e. The van der Waals surface area contributed by atoms with Crippen LogP contribution in [0.1, 0.15) is 5.56 Å². The molecule has 0 radical (unpaired) electrons. The Morgan fingerprint density at radius 3 is 2.72 bits per heavy atom. The van der Waals surface area contributed by atoms with Gasteiger partial charge >= 0.3 is 0 Å². The third-order valence-electron chi connectivity index (χ3n) is 3.83. The molecule has 0 atom stereocenters. The van der Waals surface area contributed by atoms with Crippen molar-refractivity contribution in [3.63, 3.8) is 0 Å². The lowest BCUT2D eigenvalue weighted by atomic mass is 10.2. The Labute approximate surface area is 143 Å². The summed E-state index contributed by atoms with van der Waals surface area (Å²) in [6, 6.07) is 9.89. The monoisotopic (exact) mass is 343 g/mol. The smallest absolute Gasteiger partial charge is 0.246 e. The van der Waals surface area contributed by atoms with Gasteiger partial charge in [-0.05, 0) is 24.3 Å². The van der Waals surface area contributed by atoms with Crippen LogP contribution in [0.4, 0.5) is 10.2 Å². The van der Waals surface area contributed by atoms with E-state index in [0.29, 0.717) is 16.9 Å². The molecule has 3 aromatic rings. The van der Waals surface area contributed by atoms with Gasteiger partial charge in [0.15, 0.2) is 0 Å². The normalized spacial score (nSPS) is 11.7. The molecule has 3 rings (SSSR count). The summed E-state index contributed by atoms with van der Waals surface area (Å²) in [5.74, 6) is 6.93. The number of benzene rings is 2. The predicted octanol–water partition coefficient (Wildman–Crippen LogP) is 1.59. The number of methoxy groups -OCH3 is 2. The first kappa shape index (κ1) is 16.6. The molecule has 0 aliphatic carbocycles. The van der Waals surface area contributed by atoms with Crippen molar-refractivity contribution in [2.75, 3.05) is 25.8 Å². The molecule has 0 bridgehead atoms. The van der Waals surface area contributed by atoms with Crippen LogP contribution in [-0.4, -0.2) is 23.9 Å². The largest absolute Gasteiger partial charge is 0.497 e. The summed E-state index contributed by atoms with van der Waals surface area (Å²) >= 11 is 0. The van der Waals surface area contributed by atoms with Gasteiger partial charge in [-0.3, -0.25) is 0 Å². The van der Waals surface area contributed by atoms with Crippen molar-refractivity contribution in [2.24, 2.45) is 4.99 Å². The zero-order valence-electron chi connectivity index (χ0n) is 13.9. The number of aromatic nitrogens is 2. The fraction of sp³-hybridized carbons (Fsp3) is 0.176. The Morgan fingerprint density at radius 1 is 1.20 bits per heavy atom. The Kier molecular flexibility index (Phi) is 4.42. The summed E-state index contributed by atoms with van der Waals surface area (Å²) in [6.45, 7) is 0.233. The van der Waals surface area contributed by atoms with Crippen molar-refractivity contribution < 1.29 is 13.9 Å². The topological polar surface area (TPSA) is 101 Å². The molecule has 0 spiro atoms. The lowest BCUT2D eigenvalue weighted by Gasteiger charge is -2.10. The molecule has 4 N–H and O–H groups in total. The summed E-state index contributed by atoms with van der Waals surface area (Å²) in [5.41, 5.74) is 7.03. The van der Waals surface area contributed by atoms with E-state index in [1.807, 2.05) is 6.07 Å². The van der Waals surface area contributed by atoms with Crippen LogP contribution in [0, 0.1) is 5.82 Å². The van der Waals surface area contributed by atoms with Crippen LogP contribution in [0.2, 0.25) is 0 Å². The van der Waals surface area contributed by atoms with Crippen molar-refractivity contribution in [3.05, 3.63) is 53.4 Å². The Bertz CT molecular complexity index is 1000. The van der Waals surface area contributed by atoms with Gasteiger partial charge in [0.05, 0.1) is 20.8 Å². The molecule has 130 valence electrons. The van der Waals surface area contributed by atoms with Gasteiger partial charge in [0.2, 0.25) is 5.62 Å². The van der Waals surface area contributed by atoms with Gasteiger partial charge < -0.3 is 21.1 Å². The second-order valence-corrected chi connectivity index (χ2v) is 5.30. The van der Waals surface area contributed by atoms with Crippen LogP contribution in [-0.2, 0) is 6.54 Å². The SMILES string of the molecule is COc1ccc(CN=c2nc3c(F)cccc3c(N)n2N)c(OC)c1. The van der Waals surface area contributed by atoms with Crippen molar-refractivity contribution in [3.8, 4) is 11.5 Å². The standard InChI is InChI=1S/C17H18FN5O2/c1-24-11-7-6-10(14(8-11)25-2)9-21-17-22-15-12(16(19)23(17)20)4-3-5-13(15)18/h3-8H,9,19-20H2,1-2H3. The maximum absolute atomic E-state index is 14.0. The molecule has 1 aromatic heterocycles. The second-order valence-electron chi connectivity index (χ2n) is 5.30. The van der Waals surface area contributed by atoms with E-state index in [9.17, 15) is 4.39 Å². The van der Waals surface area contributed by atoms with Crippen LogP contribution >= 0.6 is 0 Å². The maximum atomic E-state index is 14.0. The first-order valence-corrected chi connectivity index (χ1v) is 7.48. The summed E-state index contributed by atoms with van der Waals surface area (Å²) in [6.07, 6.45) is 0. The molecule has 0 aliphatic heterocycles. The van der Waals surface area contributed by atoms with E-state index in [1.54, 1.807) is 38.5 Å². The number of nitrogens with two attached hydrogens (primary N) is 2. The minimum atomic E-state index is -0.483. The number of hydrogen-bond donors (Lipinski definition) is 2. The molecule has 25 heavy (non-hydrogen) atoms. The average Bonchev–Trinajstić information content (AvgIpc) is 2.64. The first-order valence-electron chi connectivity index (χ1n) is 7.48. The molecule has 8 heteroatoms. The molecule has 7 nitrogen and oxygen atoms in total. The molecule has 0 unspecified atom stereocenters. The van der Waals surface area contributed by atoms with Gasteiger partial charge in [0, 0.05) is 17.0 Å². The number of nitrogen functional groups attached to an aromatic ring is 2. The predicted molar refractivity (Wildman–Crippen MR) is 93.1 cm³/mol. The number of fused-ring (bicyclic) bond motifs is 1. The lowest BCUT2D eigenvalue weighted by Crippen LogP contribution is -2.33. The minimum Gasteiger partial charge on any atom is -0.497 e. The summed E-state index contributed by atoms with van der Waals surface area (Å²) < 4.78 is 25.6. The Morgan fingerprint density at radius 2 is 2.00 bits per heavy atom. The Hall–Kier alpha value is -3.29. The summed E-state index contributed by atoms with van der Waals surface area (Å²) in [4.78, 5) is 8.54. The highest BCUT2D eigenvalue weighted by Gasteiger charge is 2.10. The molecule has 0 saturated heterocycles. The first-order chi connectivity index (χ1) is 12.0. The minimum absolute atomic E-state index is 0.118. The van der Waals surface area contributed by atoms with E-state index >= 15 is 0 Å². The molecule has 2 aromatic carbocycles. The van der Waals surface area contributed by atoms with E-state index in [0.717, 1.165) is 10.2 Å². The highest BCUT2D eigenvalue weighted by molar-refractivity contribution is 5.88.